The average molecular weight is 327 g/mol. The molecule has 0 spiro atoms. The number of thioether (sulfide) groups is 1. The molecule has 1 saturated heterocycles. The molecule has 0 radical (unpaired) electrons. The fraction of sp³-hybridized carbons (Fsp3) is 0.562. The summed E-state index contributed by atoms with van der Waals surface area (Å²) in [5, 5.41) is 4.23. The van der Waals surface area contributed by atoms with Crippen LogP contribution >= 0.6 is 23.4 Å². The molecule has 5 heteroatoms. The summed E-state index contributed by atoms with van der Waals surface area (Å²) in [6.07, 6.45) is 3.02. The Morgan fingerprint density at radius 1 is 1.38 bits per heavy atom. The monoisotopic (exact) mass is 326 g/mol. The number of hydrogen-bond acceptors (Lipinski definition) is 3. The first kappa shape index (κ1) is 16.7. The first-order valence-corrected chi connectivity index (χ1v) is 9.16. The van der Waals surface area contributed by atoms with Gasteiger partial charge in [-0.25, -0.2) is 0 Å². The highest BCUT2D eigenvalue weighted by atomic mass is 35.5. The molecule has 1 aliphatic heterocycles. The number of rotatable bonds is 6. The van der Waals surface area contributed by atoms with E-state index >= 15 is 0 Å². The molecule has 0 saturated carbocycles. The highest BCUT2D eigenvalue weighted by molar-refractivity contribution is 7.98. The van der Waals surface area contributed by atoms with Crippen molar-refractivity contribution >= 4 is 29.3 Å². The first-order chi connectivity index (χ1) is 10.1. The van der Waals surface area contributed by atoms with E-state index in [9.17, 15) is 4.79 Å². The fourth-order valence-corrected chi connectivity index (χ4v) is 3.14. The minimum Gasteiger partial charge on any atom is -0.321 e. The van der Waals surface area contributed by atoms with Crippen molar-refractivity contribution < 1.29 is 4.79 Å². The quantitative estimate of drug-likeness (QED) is 0.867. The highest BCUT2D eigenvalue weighted by Crippen LogP contribution is 2.29. The number of hydrogen-bond donors (Lipinski definition) is 1. The molecular formula is C16H23ClN2OS. The van der Waals surface area contributed by atoms with Crippen molar-refractivity contribution in [1.82, 2.24) is 10.2 Å². The van der Waals surface area contributed by atoms with Crippen LogP contribution in [0, 0.1) is 5.92 Å². The lowest BCUT2D eigenvalue weighted by molar-refractivity contribution is -0.130. The van der Waals surface area contributed by atoms with Gasteiger partial charge in [0, 0.05) is 17.3 Å². The lowest BCUT2D eigenvalue weighted by Crippen LogP contribution is -2.36. The Labute approximate surface area is 136 Å². The van der Waals surface area contributed by atoms with E-state index in [1.165, 1.54) is 0 Å². The zero-order valence-electron chi connectivity index (χ0n) is 12.8. The van der Waals surface area contributed by atoms with Crippen LogP contribution in [0.1, 0.15) is 32.0 Å². The Hall–Kier alpha value is -0.710. The summed E-state index contributed by atoms with van der Waals surface area (Å²) in [5.41, 5.74) is 1.10. The molecule has 1 aliphatic rings. The normalized spacial score (nSPS) is 23.6. The van der Waals surface area contributed by atoms with Gasteiger partial charge in [0.05, 0.1) is 6.04 Å². The molecule has 1 fully saturated rings. The van der Waals surface area contributed by atoms with E-state index in [1.54, 1.807) is 11.8 Å². The number of nitrogens with zero attached hydrogens (tertiary/aromatic N) is 1. The van der Waals surface area contributed by atoms with Crippen LogP contribution in [0.4, 0.5) is 0 Å². The van der Waals surface area contributed by atoms with Gasteiger partial charge in [-0.05, 0) is 29.9 Å². The number of benzene rings is 1. The minimum atomic E-state index is -0.0856. The van der Waals surface area contributed by atoms with Crippen LogP contribution in [0.2, 0.25) is 5.02 Å². The van der Waals surface area contributed by atoms with Crippen molar-refractivity contribution in [2.75, 3.05) is 18.6 Å². The summed E-state index contributed by atoms with van der Waals surface area (Å²) in [7, 11) is 0. The van der Waals surface area contributed by atoms with Gasteiger partial charge in [-0.2, -0.15) is 11.8 Å². The average Bonchev–Trinajstić information content (AvgIpc) is 2.82. The maximum atomic E-state index is 12.7. The van der Waals surface area contributed by atoms with E-state index in [0.29, 0.717) is 5.92 Å². The SMILES string of the molecule is CCC(C)C1NC(c2ccc(Cl)cc2)N(CCSC)C1=O. The van der Waals surface area contributed by atoms with Gasteiger partial charge in [0.25, 0.3) is 0 Å². The van der Waals surface area contributed by atoms with Crippen LogP contribution in [0.25, 0.3) is 0 Å². The zero-order valence-corrected chi connectivity index (χ0v) is 14.4. The number of halogens is 1. The molecular weight excluding hydrogens is 304 g/mol. The first-order valence-electron chi connectivity index (χ1n) is 7.39. The second-order valence-corrected chi connectivity index (χ2v) is 6.93. The molecule has 0 aliphatic carbocycles. The molecule has 2 rings (SSSR count). The largest absolute Gasteiger partial charge is 0.321 e. The molecule has 3 unspecified atom stereocenters. The van der Waals surface area contributed by atoms with Crippen LogP contribution in [0.15, 0.2) is 24.3 Å². The van der Waals surface area contributed by atoms with Crippen molar-refractivity contribution in [2.24, 2.45) is 5.92 Å². The third-order valence-corrected chi connectivity index (χ3v) is 4.98. The van der Waals surface area contributed by atoms with Crippen LogP contribution in [-0.4, -0.2) is 35.4 Å². The van der Waals surface area contributed by atoms with Crippen LogP contribution in [-0.2, 0) is 4.79 Å². The van der Waals surface area contributed by atoms with Gasteiger partial charge in [0.1, 0.15) is 6.17 Å². The smallest absolute Gasteiger partial charge is 0.241 e. The Bertz CT molecular complexity index is 480. The molecule has 1 N–H and O–H groups in total. The van der Waals surface area contributed by atoms with E-state index in [4.69, 9.17) is 11.6 Å². The highest BCUT2D eigenvalue weighted by Gasteiger charge is 2.41. The summed E-state index contributed by atoms with van der Waals surface area (Å²) >= 11 is 7.73. The lowest BCUT2D eigenvalue weighted by Gasteiger charge is -2.24. The van der Waals surface area contributed by atoms with Crippen LogP contribution in [0.3, 0.4) is 0 Å². The van der Waals surface area contributed by atoms with Gasteiger partial charge < -0.3 is 4.90 Å². The van der Waals surface area contributed by atoms with Crippen molar-refractivity contribution in [3.05, 3.63) is 34.9 Å². The number of carbonyl (C=O) groups is 1. The van der Waals surface area contributed by atoms with Crippen LogP contribution in [0.5, 0.6) is 0 Å². The van der Waals surface area contributed by atoms with Gasteiger partial charge in [-0.1, -0.05) is 44.0 Å². The Morgan fingerprint density at radius 2 is 2.05 bits per heavy atom. The molecule has 1 heterocycles. The molecule has 0 aromatic heterocycles. The third-order valence-electron chi connectivity index (χ3n) is 4.13. The van der Waals surface area contributed by atoms with Gasteiger partial charge in [-0.3, -0.25) is 10.1 Å². The zero-order chi connectivity index (χ0) is 15.4. The number of amides is 1. The Kier molecular flexibility index (Phi) is 5.97. The lowest BCUT2D eigenvalue weighted by atomic mass is 9.99. The summed E-state index contributed by atoms with van der Waals surface area (Å²) in [5.74, 6) is 1.51. The van der Waals surface area contributed by atoms with Gasteiger partial charge in [-0.15, -0.1) is 0 Å². The molecule has 3 atom stereocenters. The summed E-state index contributed by atoms with van der Waals surface area (Å²) < 4.78 is 0. The third kappa shape index (κ3) is 3.74. The second-order valence-electron chi connectivity index (χ2n) is 5.51. The van der Waals surface area contributed by atoms with Gasteiger partial charge in [0.15, 0.2) is 0 Å². The van der Waals surface area contributed by atoms with E-state index in [2.05, 4.69) is 25.4 Å². The van der Waals surface area contributed by atoms with Crippen molar-refractivity contribution in [3.63, 3.8) is 0 Å². The summed E-state index contributed by atoms with van der Waals surface area (Å²) in [6.45, 7) is 5.03. The maximum absolute atomic E-state index is 12.7. The predicted molar refractivity (Wildman–Crippen MR) is 90.7 cm³/mol. The van der Waals surface area contributed by atoms with Crippen molar-refractivity contribution in [2.45, 2.75) is 32.5 Å². The molecule has 1 aromatic carbocycles. The topological polar surface area (TPSA) is 32.3 Å². The maximum Gasteiger partial charge on any atom is 0.241 e. The number of nitrogens with one attached hydrogen (secondary N) is 1. The second kappa shape index (κ2) is 7.52. The molecule has 21 heavy (non-hydrogen) atoms. The molecule has 1 aromatic rings. The Balaban J connectivity index is 2.23. The Morgan fingerprint density at radius 3 is 2.62 bits per heavy atom. The van der Waals surface area contributed by atoms with Crippen molar-refractivity contribution in [1.29, 1.82) is 0 Å². The molecule has 1 amide bonds. The van der Waals surface area contributed by atoms with Crippen LogP contribution < -0.4 is 5.32 Å². The van der Waals surface area contributed by atoms with Gasteiger partial charge in [0.2, 0.25) is 5.91 Å². The standard InChI is InChI=1S/C16H23ClN2OS/c1-4-11(2)14-16(20)19(9-10-21-3)15(18-14)12-5-7-13(17)8-6-12/h5-8,11,14-15,18H,4,9-10H2,1-3H3. The number of carbonyl (C=O) groups excluding carboxylic acids is 1. The molecule has 116 valence electrons. The van der Waals surface area contributed by atoms with E-state index in [-0.39, 0.29) is 18.1 Å². The van der Waals surface area contributed by atoms with Crippen molar-refractivity contribution in [3.8, 4) is 0 Å². The minimum absolute atomic E-state index is 0.0408. The fourth-order valence-electron chi connectivity index (χ4n) is 2.63. The molecule has 3 nitrogen and oxygen atoms in total. The van der Waals surface area contributed by atoms with E-state index in [1.807, 2.05) is 29.2 Å². The summed E-state index contributed by atoms with van der Waals surface area (Å²) in [4.78, 5) is 14.7. The summed E-state index contributed by atoms with van der Waals surface area (Å²) in [6, 6.07) is 7.67. The van der Waals surface area contributed by atoms with E-state index in [0.717, 1.165) is 29.3 Å². The molecule has 0 bridgehead atoms. The van der Waals surface area contributed by atoms with Gasteiger partial charge >= 0.3 is 0 Å². The van der Waals surface area contributed by atoms with E-state index < -0.39 is 0 Å². The predicted octanol–water partition coefficient (Wildman–Crippen LogP) is 3.55.